The Bertz CT molecular complexity index is 1250. The van der Waals surface area contributed by atoms with Gasteiger partial charge in [-0.15, -0.1) is 0 Å². The number of carbonyl (C=O) groups is 2. The summed E-state index contributed by atoms with van der Waals surface area (Å²) in [5.74, 6) is -1.99. The molecule has 1 saturated heterocycles. The maximum atomic E-state index is 13.9. The number of hydrogen-bond acceptors (Lipinski definition) is 4. The van der Waals surface area contributed by atoms with Crippen LogP contribution in [0.15, 0.2) is 60.7 Å². The molecule has 0 bridgehead atoms. The summed E-state index contributed by atoms with van der Waals surface area (Å²) in [5.41, 5.74) is 1.63. The fourth-order valence-electron chi connectivity index (χ4n) is 4.63. The molecule has 3 aromatic carbocycles. The summed E-state index contributed by atoms with van der Waals surface area (Å²) < 4.78 is 34.0. The van der Waals surface area contributed by atoms with E-state index in [0.29, 0.717) is 23.4 Å². The van der Waals surface area contributed by atoms with Gasteiger partial charge in [-0.1, -0.05) is 24.3 Å². The molecule has 1 fully saturated rings. The van der Waals surface area contributed by atoms with Crippen LogP contribution in [0.2, 0.25) is 0 Å². The Labute approximate surface area is 196 Å². The Morgan fingerprint density at radius 1 is 0.971 bits per heavy atom. The van der Waals surface area contributed by atoms with Crippen molar-refractivity contribution in [3.63, 3.8) is 0 Å². The number of benzene rings is 3. The molecule has 0 aromatic heterocycles. The molecule has 3 aromatic rings. The summed E-state index contributed by atoms with van der Waals surface area (Å²) in [5, 5.41) is 2.52. The van der Waals surface area contributed by atoms with Gasteiger partial charge in [-0.25, -0.2) is 8.78 Å². The van der Waals surface area contributed by atoms with Crippen LogP contribution in [0.5, 0.6) is 5.75 Å². The van der Waals surface area contributed by atoms with Gasteiger partial charge in [0.25, 0.3) is 5.91 Å². The van der Waals surface area contributed by atoms with Gasteiger partial charge in [-0.3, -0.25) is 9.59 Å². The van der Waals surface area contributed by atoms with E-state index in [9.17, 15) is 18.4 Å². The molecule has 0 unspecified atom stereocenters. The van der Waals surface area contributed by atoms with E-state index in [2.05, 4.69) is 17.3 Å². The smallest absolute Gasteiger partial charge is 0.261 e. The molecule has 1 spiro atoms. The second kappa shape index (κ2) is 8.65. The van der Waals surface area contributed by atoms with Gasteiger partial charge in [0.15, 0.2) is 5.78 Å². The first-order chi connectivity index (χ1) is 16.3. The number of rotatable bonds is 3. The average molecular weight is 462 g/mol. The number of anilines is 1. The van der Waals surface area contributed by atoms with E-state index in [1.165, 1.54) is 6.07 Å². The summed E-state index contributed by atoms with van der Waals surface area (Å²) in [6.45, 7) is 1.82. The van der Waals surface area contributed by atoms with E-state index in [0.717, 1.165) is 49.2 Å². The van der Waals surface area contributed by atoms with Gasteiger partial charge in [-0.05, 0) is 54.6 Å². The molecule has 0 radical (unpaired) electrons. The van der Waals surface area contributed by atoms with Gasteiger partial charge in [0, 0.05) is 31.6 Å². The van der Waals surface area contributed by atoms with Crippen molar-refractivity contribution in [2.24, 2.45) is 0 Å². The van der Waals surface area contributed by atoms with E-state index in [4.69, 9.17) is 4.74 Å². The number of hydrogen-bond donors (Lipinski definition) is 1. The highest BCUT2D eigenvalue weighted by Gasteiger charge is 2.42. The Hall–Kier alpha value is -3.58. The van der Waals surface area contributed by atoms with Crippen LogP contribution in [-0.2, 0) is 0 Å². The minimum Gasteiger partial charge on any atom is -0.486 e. The Kier molecular flexibility index (Phi) is 5.65. The van der Waals surface area contributed by atoms with Crippen LogP contribution in [0.4, 0.5) is 14.5 Å². The predicted molar refractivity (Wildman–Crippen MR) is 125 cm³/mol. The highest BCUT2D eigenvalue weighted by molar-refractivity contribution is 6.05. The summed E-state index contributed by atoms with van der Waals surface area (Å²) in [7, 11) is 2.08. The third-order valence-corrected chi connectivity index (χ3v) is 6.65. The highest BCUT2D eigenvalue weighted by Crippen LogP contribution is 2.40. The van der Waals surface area contributed by atoms with Crippen LogP contribution in [0, 0.1) is 11.6 Å². The molecule has 0 saturated carbocycles. The number of ketones is 1. The summed E-state index contributed by atoms with van der Waals surface area (Å²) in [4.78, 5) is 27.5. The van der Waals surface area contributed by atoms with E-state index in [1.807, 2.05) is 18.2 Å². The normalized spacial score (nSPS) is 17.2. The number of ether oxygens (including phenoxy) is 1. The van der Waals surface area contributed by atoms with Gasteiger partial charge in [-0.2, -0.15) is 0 Å². The standard InChI is InChI=1S/C27H24F2N2O3/c1-31-13-11-27(12-14-31)16-23(32)20-15-18(7-10-24(20)34-27)17-5-8-19(9-6-17)30-26(33)25-21(28)3-2-4-22(25)29/h2-10,15H,11-14,16H2,1H3,(H,30,33). The van der Waals surface area contributed by atoms with Crippen molar-refractivity contribution in [1.82, 2.24) is 4.90 Å². The molecule has 0 aliphatic carbocycles. The van der Waals surface area contributed by atoms with Gasteiger partial charge in [0.1, 0.15) is 28.5 Å². The highest BCUT2D eigenvalue weighted by atomic mass is 19.1. The maximum absolute atomic E-state index is 13.9. The minimum absolute atomic E-state index is 0.0865. The molecular weight excluding hydrogens is 438 g/mol. The first-order valence-electron chi connectivity index (χ1n) is 11.2. The molecule has 1 amide bonds. The number of likely N-dealkylation sites (tertiary alicyclic amines) is 1. The summed E-state index contributed by atoms with van der Waals surface area (Å²) in [6, 6.07) is 15.7. The quantitative estimate of drug-likeness (QED) is 0.573. The Balaban J connectivity index is 1.33. The lowest BCUT2D eigenvalue weighted by Crippen LogP contribution is -2.50. The van der Waals surface area contributed by atoms with E-state index < -0.39 is 28.7 Å². The number of Topliss-reactive ketones (excluding diaryl/α,β-unsaturated/α-hetero) is 1. The minimum atomic E-state index is -0.919. The van der Waals surface area contributed by atoms with Crippen LogP contribution >= 0.6 is 0 Å². The molecule has 5 rings (SSSR count). The third kappa shape index (κ3) is 4.19. The predicted octanol–water partition coefficient (Wildman–Crippen LogP) is 5.31. The van der Waals surface area contributed by atoms with Crippen LogP contribution in [0.1, 0.15) is 40.0 Å². The molecule has 0 atom stereocenters. The molecule has 174 valence electrons. The van der Waals surface area contributed by atoms with Gasteiger partial charge in [0.05, 0.1) is 12.0 Å². The fraction of sp³-hybridized carbons (Fsp3) is 0.259. The number of carbonyl (C=O) groups excluding carboxylic acids is 2. The van der Waals surface area contributed by atoms with E-state index in [1.54, 1.807) is 24.3 Å². The largest absolute Gasteiger partial charge is 0.486 e. The van der Waals surface area contributed by atoms with E-state index in [-0.39, 0.29) is 5.78 Å². The molecular formula is C27H24F2N2O3. The molecule has 2 aliphatic heterocycles. The summed E-state index contributed by atoms with van der Waals surface area (Å²) in [6.07, 6.45) is 2.05. The van der Waals surface area contributed by atoms with Gasteiger partial charge >= 0.3 is 0 Å². The Morgan fingerprint density at radius 2 is 1.62 bits per heavy atom. The number of piperidine rings is 1. The van der Waals surface area contributed by atoms with Crippen LogP contribution in [0.3, 0.4) is 0 Å². The van der Waals surface area contributed by atoms with Crippen molar-refractivity contribution in [3.05, 3.63) is 83.4 Å². The molecule has 34 heavy (non-hydrogen) atoms. The van der Waals surface area contributed by atoms with Gasteiger partial charge < -0.3 is 15.0 Å². The van der Waals surface area contributed by atoms with Crippen molar-refractivity contribution >= 4 is 17.4 Å². The van der Waals surface area contributed by atoms with E-state index >= 15 is 0 Å². The average Bonchev–Trinajstić information content (AvgIpc) is 2.81. The second-order valence-corrected chi connectivity index (χ2v) is 9.03. The lowest BCUT2D eigenvalue weighted by Gasteiger charge is -2.43. The molecule has 1 N–H and O–H groups in total. The van der Waals surface area contributed by atoms with Crippen LogP contribution in [-0.4, -0.2) is 42.3 Å². The first kappa shape index (κ1) is 22.2. The maximum Gasteiger partial charge on any atom is 0.261 e. The lowest BCUT2D eigenvalue weighted by molar-refractivity contribution is -0.00366. The van der Waals surface area contributed by atoms with Crippen LogP contribution in [0.25, 0.3) is 11.1 Å². The van der Waals surface area contributed by atoms with Crippen molar-refractivity contribution < 1.29 is 23.1 Å². The monoisotopic (exact) mass is 462 g/mol. The Morgan fingerprint density at radius 3 is 2.29 bits per heavy atom. The topological polar surface area (TPSA) is 58.6 Å². The molecule has 2 aliphatic rings. The molecule has 2 heterocycles. The fourth-order valence-corrected chi connectivity index (χ4v) is 4.63. The molecule has 7 heteroatoms. The zero-order valence-electron chi connectivity index (χ0n) is 18.7. The zero-order chi connectivity index (χ0) is 23.9. The van der Waals surface area contributed by atoms with Crippen molar-refractivity contribution in [2.45, 2.75) is 24.9 Å². The number of amides is 1. The van der Waals surface area contributed by atoms with Crippen molar-refractivity contribution in [1.29, 1.82) is 0 Å². The van der Waals surface area contributed by atoms with Gasteiger partial charge in [0.2, 0.25) is 0 Å². The number of fused-ring (bicyclic) bond motifs is 1. The number of nitrogens with one attached hydrogen (secondary N) is 1. The lowest BCUT2D eigenvalue weighted by atomic mass is 9.82. The zero-order valence-corrected chi connectivity index (χ0v) is 18.7. The van der Waals surface area contributed by atoms with Crippen molar-refractivity contribution in [2.75, 3.05) is 25.5 Å². The second-order valence-electron chi connectivity index (χ2n) is 9.03. The SMILES string of the molecule is CN1CCC2(CC1)CC(=O)c1cc(-c3ccc(NC(=O)c4c(F)cccc4F)cc3)ccc1O2. The first-order valence-corrected chi connectivity index (χ1v) is 11.2. The third-order valence-electron chi connectivity index (χ3n) is 6.65. The van der Waals surface area contributed by atoms with Crippen LogP contribution < -0.4 is 10.1 Å². The molecule has 5 nitrogen and oxygen atoms in total. The van der Waals surface area contributed by atoms with Crippen molar-refractivity contribution in [3.8, 4) is 16.9 Å². The number of halogens is 2. The number of nitrogens with zero attached hydrogens (tertiary/aromatic N) is 1. The summed E-state index contributed by atoms with van der Waals surface area (Å²) >= 11 is 0.